The van der Waals surface area contributed by atoms with Gasteiger partial charge < -0.3 is 9.47 Å². The van der Waals surface area contributed by atoms with Crippen molar-refractivity contribution in [1.82, 2.24) is 4.98 Å². The van der Waals surface area contributed by atoms with E-state index in [0.29, 0.717) is 0 Å². The third-order valence-corrected chi connectivity index (χ3v) is 4.01. The monoisotopic (exact) mass is 293 g/mol. The minimum absolute atomic E-state index is 0.729. The molecule has 3 rings (SSSR count). The average molecular weight is 293 g/mol. The van der Waals surface area contributed by atoms with Gasteiger partial charge in [0.05, 0.1) is 19.7 Å². The largest absolute Gasteiger partial charge is 0.493 e. The predicted molar refractivity (Wildman–Crippen MR) is 89.8 cm³/mol. The first-order valence-electron chi connectivity index (χ1n) is 7.24. The molecule has 22 heavy (non-hydrogen) atoms. The fraction of sp³-hybridized carbons (Fsp3) is 0.211. The molecule has 1 heterocycles. The zero-order chi connectivity index (χ0) is 15.7. The first-order valence-corrected chi connectivity index (χ1v) is 7.24. The van der Waals surface area contributed by atoms with Crippen molar-refractivity contribution in [2.24, 2.45) is 0 Å². The SMILES string of the molecule is COc1ccc(-c2c(C)nc3ccccc3c2C)cc1OC. The summed E-state index contributed by atoms with van der Waals surface area (Å²) in [5.41, 5.74) is 5.52. The van der Waals surface area contributed by atoms with Crippen LogP contribution in [0.4, 0.5) is 0 Å². The lowest BCUT2D eigenvalue weighted by Gasteiger charge is -2.15. The summed E-state index contributed by atoms with van der Waals surface area (Å²) in [5, 5.41) is 1.18. The molecule has 0 bridgehead atoms. The molecule has 0 fully saturated rings. The quantitative estimate of drug-likeness (QED) is 0.710. The van der Waals surface area contributed by atoms with Crippen LogP contribution in [-0.2, 0) is 0 Å². The highest BCUT2D eigenvalue weighted by molar-refractivity contribution is 5.89. The molecule has 0 amide bonds. The third-order valence-electron chi connectivity index (χ3n) is 4.01. The van der Waals surface area contributed by atoms with Gasteiger partial charge in [-0.05, 0) is 43.2 Å². The van der Waals surface area contributed by atoms with Crippen molar-refractivity contribution in [3.8, 4) is 22.6 Å². The van der Waals surface area contributed by atoms with Gasteiger partial charge in [-0.25, -0.2) is 0 Å². The van der Waals surface area contributed by atoms with Crippen molar-refractivity contribution in [2.45, 2.75) is 13.8 Å². The van der Waals surface area contributed by atoms with E-state index < -0.39 is 0 Å². The van der Waals surface area contributed by atoms with Crippen LogP contribution in [0.15, 0.2) is 42.5 Å². The lowest BCUT2D eigenvalue weighted by atomic mass is 9.95. The lowest BCUT2D eigenvalue weighted by Crippen LogP contribution is -1.96. The number of hydrogen-bond donors (Lipinski definition) is 0. The van der Waals surface area contributed by atoms with Crippen molar-refractivity contribution in [3.05, 3.63) is 53.7 Å². The van der Waals surface area contributed by atoms with E-state index in [-0.39, 0.29) is 0 Å². The molecule has 2 aromatic carbocycles. The number of methoxy groups -OCH3 is 2. The topological polar surface area (TPSA) is 31.4 Å². The van der Waals surface area contributed by atoms with Gasteiger partial charge in [-0.3, -0.25) is 4.98 Å². The van der Waals surface area contributed by atoms with Gasteiger partial charge in [0.25, 0.3) is 0 Å². The molecular formula is C19H19NO2. The summed E-state index contributed by atoms with van der Waals surface area (Å²) in [6.07, 6.45) is 0. The van der Waals surface area contributed by atoms with E-state index >= 15 is 0 Å². The molecule has 0 aliphatic rings. The van der Waals surface area contributed by atoms with Crippen molar-refractivity contribution in [2.75, 3.05) is 14.2 Å². The molecule has 0 aliphatic carbocycles. The Morgan fingerprint density at radius 3 is 2.32 bits per heavy atom. The third kappa shape index (κ3) is 2.29. The zero-order valence-corrected chi connectivity index (χ0v) is 13.3. The Hall–Kier alpha value is -2.55. The highest BCUT2D eigenvalue weighted by Gasteiger charge is 2.13. The van der Waals surface area contributed by atoms with Gasteiger partial charge in [-0.15, -0.1) is 0 Å². The predicted octanol–water partition coefficient (Wildman–Crippen LogP) is 4.54. The van der Waals surface area contributed by atoms with E-state index in [9.17, 15) is 0 Å². The minimum Gasteiger partial charge on any atom is -0.493 e. The van der Waals surface area contributed by atoms with Gasteiger partial charge in [0.1, 0.15) is 0 Å². The molecule has 0 atom stereocenters. The van der Waals surface area contributed by atoms with Gasteiger partial charge in [0.15, 0.2) is 11.5 Å². The van der Waals surface area contributed by atoms with Crippen molar-refractivity contribution >= 4 is 10.9 Å². The summed E-state index contributed by atoms with van der Waals surface area (Å²) < 4.78 is 10.7. The molecule has 0 unspecified atom stereocenters. The Morgan fingerprint density at radius 1 is 0.864 bits per heavy atom. The maximum atomic E-state index is 5.42. The number of nitrogens with zero attached hydrogens (tertiary/aromatic N) is 1. The van der Waals surface area contributed by atoms with E-state index in [1.165, 1.54) is 10.9 Å². The standard InChI is InChI=1S/C19H19NO2/c1-12-15-7-5-6-8-16(15)20-13(2)19(12)14-9-10-17(21-3)18(11-14)22-4/h5-11H,1-4H3. The number of pyridine rings is 1. The lowest BCUT2D eigenvalue weighted by molar-refractivity contribution is 0.355. The van der Waals surface area contributed by atoms with Gasteiger partial charge >= 0.3 is 0 Å². The molecule has 1 aromatic heterocycles. The second kappa shape index (κ2) is 5.68. The van der Waals surface area contributed by atoms with Crippen LogP contribution in [0.1, 0.15) is 11.3 Å². The van der Waals surface area contributed by atoms with E-state index in [4.69, 9.17) is 14.5 Å². The van der Waals surface area contributed by atoms with E-state index in [1.54, 1.807) is 14.2 Å². The molecule has 0 radical (unpaired) electrons. The Bertz CT molecular complexity index is 840. The zero-order valence-electron chi connectivity index (χ0n) is 13.3. The summed E-state index contributed by atoms with van der Waals surface area (Å²) >= 11 is 0. The Labute approximate surface area is 130 Å². The number of aryl methyl sites for hydroxylation is 2. The van der Waals surface area contributed by atoms with Crippen LogP contribution in [-0.4, -0.2) is 19.2 Å². The fourth-order valence-corrected chi connectivity index (χ4v) is 2.95. The Morgan fingerprint density at radius 2 is 1.59 bits per heavy atom. The Balaban J connectivity index is 2.26. The molecule has 0 saturated carbocycles. The second-order valence-electron chi connectivity index (χ2n) is 5.28. The van der Waals surface area contributed by atoms with Crippen LogP contribution in [0.2, 0.25) is 0 Å². The number of rotatable bonds is 3. The molecule has 3 heteroatoms. The second-order valence-corrected chi connectivity index (χ2v) is 5.28. The van der Waals surface area contributed by atoms with E-state index in [0.717, 1.165) is 33.8 Å². The van der Waals surface area contributed by atoms with Gasteiger partial charge in [-0.1, -0.05) is 24.3 Å². The molecule has 0 saturated heterocycles. The molecule has 3 nitrogen and oxygen atoms in total. The summed E-state index contributed by atoms with van der Waals surface area (Å²) in [7, 11) is 3.30. The maximum absolute atomic E-state index is 5.42. The van der Waals surface area contributed by atoms with Crippen molar-refractivity contribution in [1.29, 1.82) is 0 Å². The summed E-state index contributed by atoms with van der Waals surface area (Å²) in [5.74, 6) is 1.46. The number of fused-ring (bicyclic) bond motifs is 1. The van der Waals surface area contributed by atoms with Crippen LogP contribution < -0.4 is 9.47 Å². The number of para-hydroxylation sites is 1. The van der Waals surface area contributed by atoms with Crippen LogP contribution in [0.25, 0.3) is 22.0 Å². The van der Waals surface area contributed by atoms with Crippen LogP contribution >= 0.6 is 0 Å². The first-order chi connectivity index (χ1) is 10.7. The smallest absolute Gasteiger partial charge is 0.161 e. The van der Waals surface area contributed by atoms with E-state index in [2.05, 4.69) is 13.0 Å². The van der Waals surface area contributed by atoms with Crippen LogP contribution in [0.3, 0.4) is 0 Å². The van der Waals surface area contributed by atoms with Gasteiger partial charge in [0.2, 0.25) is 0 Å². The maximum Gasteiger partial charge on any atom is 0.161 e. The Kier molecular flexibility index (Phi) is 3.72. The average Bonchev–Trinajstić information content (AvgIpc) is 2.54. The van der Waals surface area contributed by atoms with Gasteiger partial charge in [0, 0.05) is 16.6 Å². The van der Waals surface area contributed by atoms with Gasteiger partial charge in [-0.2, -0.15) is 0 Å². The first kappa shape index (κ1) is 14.4. The fourth-order valence-electron chi connectivity index (χ4n) is 2.95. The number of hydrogen-bond acceptors (Lipinski definition) is 3. The normalized spacial score (nSPS) is 10.7. The van der Waals surface area contributed by atoms with Crippen molar-refractivity contribution in [3.63, 3.8) is 0 Å². The number of ether oxygens (including phenoxy) is 2. The van der Waals surface area contributed by atoms with E-state index in [1.807, 2.05) is 43.3 Å². The highest BCUT2D eigenvalue weighted by Crippen LogP contribution is 2.36. The summed E-state index contributed by atoms with van der Waals surface area (Å²) in [6.45, 7) is 4.19. The van der Waals surface area contributed by atoms with Crippen molar-refractivity contribution < 1.29 is 9.47 Å². The number of aromatic nitrogens is 1. The molecule has 0 spiro atoms. The molecule has 3 aromatic rings. The highest BCUT2D eigenvalue weighted by atomic mass is 16.5. The number of benzene rings is 2. The molecule has 0 aliphatic heterocycles. The summed E-state index contributed by atoms with van der Waals surface area (Å²) in [4.78, 5) is 4.74. The minimum atomic E-state index is 0.729. The molecule has 112 valence electrons. The van der Waals surface area contributed by atoms with Crippen LogP contribution in [0.5, 0.6) is 11.5 Å². The molecular weight excluding hydrogens is 274 g/mol. The molecule has 0 N–H and O–H groups in total. The van der Waals surface area contributed by atoms with Crippen LogP contribution in [0, 0.1) is 13.8 Å². The summed E-state index contributed by atoms with van der Waals surface area (Å²) in [6, 6.07) is 14.2.